The van der Waals surface area contributed by atoms with Crippen molar-refractivity contribution in [3.63, 3.8) is 0 Å². The maximum absolute atomic E-state index is 5.56. The van der Waals surface area contributed by atoms with Crippen molar-refractivity contribution in [2.75, 3.05) is 19.7 Å². The van der Waals surface area contributed by atoms with Gasteiger partial charge in [0.25, 0.3) is 0 Å². The monoisotopic (exact) mass is 198 g/mol. The molecule has 0 aliphatic carbocycles. The predicted octanol–water partition coefficient (Wildman–Crippen LogP) is 1.52. The van der Waals surface area contributed by atoms with E-state index in [-0.39, 0.29) is 0 Å². The lowest BCUT2D eigenvalue weighted by Gasteiger charge is -2.21. The van der Waals surface area contributed by atoms with E-state index in [9.17, 15) is 0 Å². The summed E-state index contributed by atoms with van der Waals surface area (Å²) in [7, 11) is 0. The summed E-state index contributed by atoms with van der Waals surface area (Å²) in [5.74, 6) is 1.49. The molecule has 0 radical (unpaired) electrons. The Morgan fingerprint density at radius 2 is 2.38 bits per heavy atom. The van der Waals surface area contributed by atoms with E-state index in [0.717, 1.165) is 25.6 Å². The zero-order valence-corrected chi connectivity index (χ0v) is 8.35. The average molecular weight is 198 g/mol. The lowest BCUT2D eigenvalue weighted by atomic mass is 9.99. The molecule has 1 saturated heterocycles. The van der Waals surface area contributed by atoms with Crippen LogP contribution < -0.4 is 10.1 Å². The number of piperidine rings is 1. The Hall–Kier alpha value is -0.610. The van der Waals surface area contributed by atoms with Crippen LogP contribution in [0, 0.1) is 5.92 Å². The van der Waals surface area contributed by atoms with Crippen LogP contribution in [0.1, 0.15) is 12.8 Å². The van der Waals surface area contributed by atoms with Crippen molar-refractivity contribution >= 4 is 11.5 Å². The first-order chi connectivity index (χ1) is 6.45. The van der Waals surface area contributed by atoms with E-state index in [0.29, 0.717) is 5.92 Å². The fourth-order valence-electron chi connectivity index (χ4n) is 1.53. The van der Waals surface area contributed by atoms with Crippen molar-refractivity contribution in [3.05, 3.63) is 11.4 Å². The number of aromatic nitrogens is 1. The molecule has 13 heavy (non-hydrogen) atoms. The van der Waals surface area contributed by atoms with Crippen LogP contribution in [0.15, 0.2) is 11.4 Å². The molecule has 3 nitrogen and oxygen atoms in total. The van der Waals surface area contributed by atoms with E-state index in [1.165, 1.54) is 24.4 Å². The summed E-state index contributed by atoms with van der Waals surface area (Å²) in [6.07, 6.45) is 2.45. The van der Waals surface area contributed by atoms with E-state index in [1.807, 2.05) is 11.4 Å². The quantitative estimate of drug-likeness (QED) is 0.799. The van der Waals surface area contributed by atoms with Crippen molar-refractivity contribution in [1.29, 1.82) is 0 Å². The summed E-state index contributed by atoms with van der Waals surface area (Å²) in [5.41, 5.74) is 0. The van der Waals surface area contributed by atoms with Crippen molar-refractivity contribution in [2.45, 2.75) is 12.8 Å². The number of nitrogens with one attached hydrogen (secondary N) is 1. The summed E-state index contributed by atoms with van der Waals surface area (Å²) in [6, 6.07) is 1.92. The van der Waals surface area contributed by atoms with Gasteiger partial charge in [-0.25, -0.2) is 0 Å². The fourth-order valence-corrected chi connectivity index (χ4v) is 1.98. The minimum absolute atomic E-state index is 0.711. The highest BCUT2D eigenvalue weighted by Gasteiger charge is 2.13. The Kier molecular flexibility index (Phi) is 3.16. The summed E-state index contributed by atoms with van der Waals surface area (Å²) in [6.45, 7) is 3.08. The lowest BCUT2D eigenvalue weighted by Crippen LogP contribution is -2.30. The first kappa shape index (κ1) is 8.97. The molecule has 0 amide bonds. The third kappa shape index (κ3) is 2.67. The summed E-state index contributed by atoms with van der Waals surface area (Å²) < 4.78 is 9.66. The van der Waals surface area contributed by atoms with Crippen molar-refractivity contribution in [3.8, 4) is 5.88 Å². The van der Waals surface area contributed by atoms with Crippen LogP contribution in [0.25, 0.3) is 0 Å². The Labute approximate surface area is 82.3 Å². The van der Waals surface area contributed by atoms with Gasteiger partial charge < -0.3 is 10.1 Å². The van der Waals surface area contributed by atoms with Gasteiger partial charge in [-0.1, -0.05) is 0 Å². The topological polar surface area (TPSA) is 34.1 Å². The normalized spacial score (nSPS) is 18.8. The standard InChI is InChI=1S/C9H14N2OS/c1-4-10-5-2-8(1)7-12-9-3-6-13-11-9/h3,6,8,10H,1-2,4-5,7H2. The second kappa shape index (κ2) is 4.58. The smallest absolute Gasteiger partial charge is 0.225 e. The highest BCUT2D eigenvalue weighted by Crippen LogP contribution is 2.15. The Bertz CT molecular complexity index is 232. The van der Waals surface area contributed by atoms with Gasteiger partial charge in [-0.3, -0.25) is 0 Å². The Morgan fingerprint density at radius 1 is 1.54 bits per heavy atom. The van der Waals surface area contributed by atoms with Gasteiger partial charge in [-0.05, 0) is 43.4 Å². The van der Waals surface area contributed by atoms with Gasteiger partial charge in [0.05, 0.1) is 6.61 Å². The van der Waals surface area contributed by atoms with Crippen LogP contribution in [0.5, 0.6) is 5.88 Å². The van der Waals surface area contributed by atoms with Crippen molar-refractivity contribution in [2.24, 2.45) is 5.92 Å². The van der Waals surface area contributed by atoms with Gasteiger partial charge in [-0.2, -0.15) is 4.37 Å². The Balaban J connectivity index is 1.72. The summed E-state index contributed by atoms with van der Waals surface area (Å²) >= 11 is 1.44. The zero-order chi connectivity index (χ0) is 8.93. The van der Waals surface area contributed by atoms with Crippen LogP contribution in [-0.4, -0.2) is 24.1 Å². The minimum Gasteiger partial charge on any atom is -0.477 e. The number of hydrogen-bond donors (Lipinski definition) is 1. The first-order valence-corrected chi connectivity index (χ1v) is 5.53. The van der Waals surface area contributed by atoms with E-state index >= 15 is 0 Å². The van der Waals surface area contributed by atoms with Gasteiger partial charge in [-0.15, -0.1) is 0 Å². The van der Waals surface area contributed by atoms with Gasteiger partial charge in [0.1, 0.15) is 0 Å². The maximum atomic E-state index is 5.56. The number of hydrogen-bond acceptors (Lipinski definition) is 4. The second-order valence-electron chi connectivity index (χ2n) is 3.34. The first-order valence-electron chi connectivity index (χ1n) is 4.69. The SMILES string of the molecule is c1cc(OCC2CCNCC2)ns1. The summed E-state index contributed by atoms with van der Waals surface area (Å²) in [4.78, 5) is 0. The van der Waals surface area contributed by atoms with Crippen LogP contribution in [-0.2, 0) is 0 Å². The molecule has 0 unspecified atom stereocenters. The molecule has 1 aliphatic heterocycles. The summed E-state index contributed by atoms with van der Waals surface area (Å²) in [5, 5.41) is 5.28. The molecular weight excluding hydrogens is 184 g/mol. The average Bonchev–Trinajstić information content (AvgIpc) is 2.69. The zero-order valence-electron chi connectivity index (χ0n) is 7.53. The molecule has 2 heterocycles. The number of rotatable bonds is 3. The molecule has 1 fully saturated rings. The Morgan fingerprint density at radius 3 is 3.08 bits per heavy atom. The van der Waals surface area contributed by atoms with Gasteiger partial charge in [0, 0.05) is 11.4 Å². The third-order valence-electron chi connectivity index (χ3n) is 2.34. The van der Waals surface area contributed by atoms with Gasteiger partial charge in [0.15, 0.2) is 0 Å². The molecule has 72 valence electrons. The fraction of sp³-hybridized carbons (Fsp3) is 0.667. The van der Waals surface area contributed by atoms with Crippen molar-refractivity contribution < 1.29 is 4.74 Å². The van der Waals surface area contributed by atoms with Crippen LogP contribution in [0.3, 0.4) is 0 Å². The molecule has 2 rings (SSSR count). The molecule has 0 bridgehead atoms. The molecule has 0 spiro atoms. The molecular formula is C9H14N2OS. The molecule has 1 aromatic rings. The van der Waals surface area contributed by atoms with Crippen molar-refractivity contribution in [1.82, 2.24) is 9.69 Å². The molecule has 4 heteroatoms. The molecule has 0 aromatic carbocycles. The van der Waals surface area contributed by atoms with Gasteiger partial charge in [0.2, 0.25) is 5.88 Å². The van der Waals surface area contributed by atoms with E-state index in [4.69, 9.17) is 4.74 Å². The largest absolute Gasteiger partial charge is 0.477 e. The van der Waals surface area contributed by atoms with E-state index in [2.05, 4.69) is 9.69 Å². The van der Waals surface area contributed by atoms with Crippen LogP contribution in [0.4, 0.5) is 0 Å². The molecule has 0 atom stereocenters. The predicted molar refractivity (Wildman–Crippen MR) is 53.2 cm³/mol. The highest BCUT2D eigenvalue weighted by atomic mass is 32.1. The second-order valence-corrected chi connectivity index (χ2v) is 4.01. The number of nitrogens with zero attached hydrogens (tertiary/aromatic N) is 1. The molecule has 1 N–H and O–H groups in total. The van der Waals surface area contributed by atoms with Crippen LogP contribution >= 0.6 is 11.5 Å². The molecule has 0 saturated carbocycles. The third-order valence-corrected chi connectivity index (χ3v) is 2.88. The van der Waals surface area contributed by atoms with E-state index in [1.54, 1.807) is 0 Å². The lowest BCUT2D eigenvalue weighted by molar-refractivity contribution is 0.210. The maximum Gasteiger partial charge on any atom is 0.225 e. The minimum atomic E-state index is 0.711. The van der Waals surface area contributed by atoms with Crippen LogP contribution in [0.2, 0.25) is 0 Å². The molecule has 1 aromatic heterocycles. The van der Waals surface area contributed by atoms with Gasteiger partial charge >= 0.3 is 0 Å². The molecule has 1 aliphatic rings. The highest BCUT2D eigenvalue weighted by molar-refractivity contribution is 7.03. The van der Waals surface area contributed by atoms with E-state index < -0.39 is 0 Å². The number of ether oxygens (including phenoxy) is 1.